The van der Waals surface area contributed by atoms with Gasteiger partial charge in [-0.15, -0.1) is 0 Å². The number of allylic oxidation sites excluding steroid dienone is 1. The molecule has 1 heterocycles. The molecule has 1 N–H and O–H groups in total. The second-order valence-corrected chi connectivity index (χ2v) is 6.84. The lowest BCUT2D eigenvalue weighted by Crippen LogP contribution is -2.58. The molecule has 1 aliphatic heterocycles. The Labute approximate surface area is 150 Å². The van der Waals surface area contributed by atoms with Gasteiger partial charge in [0.15, 0.2) is 0 Å². The Bertz CT molecular complexity index is 639. The molecule has 0 bridgehead atoms. The molecule has 0 spiro atoms. The average Bonchev–Trinajstić information content (AvgIpc) is 2.51. The lowest BCUT2D eigenvalue weighted by atomic mass is 10.0. The molecule has 2 rings (SSSR count). The zero-order chi connectivity index (χ0) is 17.0. The van der Waals surface area contributed by atoms with Crippen molar-refractivity contribution in [1.82, 2.24) is 10.2 Å². The molecule has 1 aromatic rings. The maximum atomic E-state index is 12.6. The molecule has 1 unspecified atom stereocenters. The Hall–Kier alpha value is -1.57. The number of hydrogen-bond donors (Lipinski definition) is 1. The Morgan fingerprint density at radius 3 is 2.83 bits per heavy atom. The van der Waals surface area contributed by atoms with E-state index in [0.29, 0.717) is 13.0 Å². The summed E-state index contributed by atoms with van der Waals surface area (Å²) in [5.41, 5.74) is 2.12. The van der Waals surface area contributed by atoms with E-state index in [1.165, 1.54) is 0 Å². The van der Waals surface area contributed by atoms with Crippen molar-refractivity contribution in [2.24, 2.45) is 0 Å². The van der Waals surface area contributed by atoms with Crippen LogP contribution in [0.15, 0.2) is 29.8 Å². The number of piperazine rings is 1. The molecule has 6 heteroatoms. The maximum Gasteiger partial charge on any atom is 0.246 e. The summed E-state index contributed by atoms with van der Waals surface area (Å²) >= 11 is 2.21. The van der Waals surface area contributed by atoms with Gasteiger partial charge in [-0.05, 0) is 48.1 Å². The van der Waals surface area contributed by atoms with Crippen molar-refractivity contribution in [3.05, 3.63) is 39.0 Å². The molecule has 1 aliphatic rings. The number of nitrogens with one attached hydrogen (secondary N) is 1. The van der Waals surface area contributed by atoms with Crippen molar-refractivity contribution < 1.29 is 14.3 Å². The molecular weight excluding hydrogens is 407 g/mol. The predicted molar refractivity (Wildman–Crippen MR) is 97.4 cm³/mol. The van der Waals surface area contributed by atoms with Crippen LogP contribution in [0.5, 0.6) is 5.75 Å². The first-order valence-electron chi connectivity index (χ1n) is 7.45. The zero-order valence-electron chi connectivity index (χ0n) is 13.6. The van der Waals surface area contributed by atoms with Gasteiger partial charge in [0.25, 0.3) is 0 Å². The highest BCUT2D eigenvalue weighted by molar-refractivity contribution is 14.1. The van der Waals surface area contributed by atoms with E-state index in [9.17, 15) is 9.59 Å². The third-order valence-electron chi connectivity index (χ3n) is 3.69. The summed E-state index contributed by atoms with van der Waals surface area (Å²) in [5, 5.41) is 2.80. The van der Waals surface area contributed by atoms with Gasteiger partial charge >= 0.3 is 0 Å². The van der Waals surface area contributed by atoms with Crippen LogP contribution in [0.1, 0.15) is 19.4 Å². The summed E-state index contributed by atoms with van der Waals surface area (Å²) in [6, 6.07) is 5.21. The Morgan fingerprint density at radius 2 is 2.17 bits per heavy atom. The standard InChI is InChI=1S/C17H21IN2O3/c1-11(2)7-8-20-10-15(21)19-13(17(20)22)9-12-5-4-6-14(23-3)16(12)18/h4-7,13H,8-10H2,1-3H3,(H,19,21). The van der Waals surface area contributed by atoms with Gasteiger partial charge in [0.05, 0.1) is 17.2 Å². The summed E-state index contributed by atoms with van der Waals surface area (Å²) < 4.78 is 6.28. The van der Waals surface area contributed by atoms with Crippen molar-refractivity contribution in [3.63, 3.8) is 0 Å². The number of ether oxygens (including phenoxy) is 1. The van der Waals surface area contributed by atoms with Gasteiger partial charge in [0.2, 0.25) is 11.8 Å². The smallest absolute Gasteiger partial charge is 0.246 e. The molecule has 0 aromatic heterocycles. The number of amides is 2. The first-order valence-corrected chi connectivity index (χ1v) is 8.53. The lowest BCUT2D eigenvalue weighted by Gasteiger charge is -2.32. The van der Waals surface area contributed by atoms with E-state index in [1.807, 2.05) is 38.1 Å². The van der Waals surface area contributed by atoms with E-state index >= 15 is 0 Å². The molecule has 1 saturated heterocycles. The number of hydrogen-bond acceptors (Lipinski definition) is 3. The number of nitrogens with zero attached hydrogens (tertiary/aromatic N) is 1. The van der Waals surface area contributed by atoms with Crippen LogP contribution >= 0.6 is 22.6 Å². The van der Waals surface area contributed by atoms with Gasteiger partial charge in [-0.1, -0.05) is 23.8 Å². The minimum Gasteiger partial charge on any atom is -0.496 e. The minimum atomic E-state index is -0.526. The lowest BCUT2D eigenvalue weighted by molar-refractivity contribution is -0.143. The molecule has 124 valence electrons. The fraction of sp³-hybridized carbons (Fsp3) is 0.412. The van der Waals surface area contributed by atoms with Crippen molar-refractivity contribution in [3.8, 4) is 5.75 Å². The quantitative estimate of drug-likeness (QED) is 0.578. The van der Waals surface area contributed by atoms with Gasteiger partial charge in [-0.3, -0.25) is 9.59 Å². The molecule has 1 atom stereocenters. The molecule has 1 fully saturated rings. The normalized spacial score (nSPS) is 17.7. The highest BCUT2D eigenvalue weighted by atomic mass is 127. The summed E-state index contributed by atoms with van der Waals surface area (Å²) in [7, 11) is 1.62. The van der Waals surface area contributed by atoms with E-state index in [2.05, 4.69) is 27.9 Å². The van der Waals surface area contributed by atoms with Crippen LogP contribution in [0.2, 0.25) is 0 Å². The van der Waals surface area contributed by atoms with Crippen LogP contribution in [0.3, 0.4) is 0 Å². The Balaban J connectivity index is 2.17. The van der Waals surface area contributed by atoms with E-state index < -0.39 is 6.04 Å². The van der Waals surface area contributed by atoms with E-state index in [1.54, 1.807) is 12.0 Å². The van der Waals surface area contributed by atoms with Gasteiger partial charge < -0.3 is 15.0 Å². The largest absolute Gasteiger partial charge is 0.496 e. The summed E-state index contributed by atoms with van der Waals surface area (Å²) in [5.74, 6) is 0.620. The van der Waals surface area contributed by atoms with Crippen molar-refractivity contribution >= 4 is 34.4 Å². The predicted octanol–water partition coefficient (Wildman–Crippen LogP) is 2.14. The Morgan fingerprint density at radius 1 is 1.43 bits per heavy atom. The van der Waals surface area contributed by atoms with E-state index in [-0.39, 0.29) is 18.4 Å². The average molecular weight is 428 g/mol. The van der Waals surface area contributed by atoms with Crippen LogP contribution in [0.4, 0.5) is 0 Å². The SMILES string of the molecule is COc1cccc(CC2NC(=O)CN(CC=C(C)C)C2=O)c1I. The van der Waals surface area contributed by atoms with Gasteiger partial charge in [-0.2, -0.15) is 0 Å². The molecule has 5 nitrogen and oxygen atoms in total. The van der Waals surface area contributed by atoms with Gasteiger partial charge in [0, 0.05) is 13.0 Å². The fourth-order valence-corrected chi connectivity index (χ4v) is 3.25. The van der Waals surface area contributed by atoms with E-state index in [4.69, 9.17) is 4.74 Å². The summed E-state index contributed by atoms with van der Waals surface area (Å²) in [4.78, 5) is 26.1. The van der Waals surface area contributed by atoms with E-state index in [0.717, 1.165) is 20.5 Å². The first-order chi connectivity index (χ1) is 10.9. The molecule has 0 aliphatic carbocycles. The molecule has 1 aromatic carbocycles. The summed E-state index contributed by atoms with van der Waals surface area (Å²) in [6.07, 6.45) is 2.42. The van der Waals surface area contributed by atoms with Crippen molar-refractivity contribution in [2.45, 2.75) is 26.3 Å². The maximum absolute atomic E-state index is 12.6. The number of benzene rings is 1. The second kappa shape index (κ2) is 7.81. The van der Waals surface area contributed by atoms with Gasteiger partial charge in [-0.25, -0.2) is 0 Å². The zero-order valence-corrected chi connectivity index (χ0v) is 15.7. The topological polar surface area (TPSA) is 58.6 Å². The number of carbonyl (C=O) groups excluding carboxylic acids is 2. The minimum absolute atomic E-state index is 0.0410. The van der Waals surface area contributed by atoms with Crippen molar-refractivity contribution in [2.75, 3.05) is 20.2 Å². The monoisotopic (exact) mass is 428 g/mol. The van der Waals surface area contributed by atoms with Crippen LogP contribution in [0, 0.1) is 3.57 Å². The summed E-state index contributed by atoms with van der Waals surface area (Å²) in [6.45, 7) is 4.55. The third-order valence-corrected chi connectivity index (χ3v) is 4.91. The van der Waals surface area contributed by atoms with Crippen molar-refractivity contribution in [1.29, 1.82) is 0 Å². The number of halogens is 1. The first kappa shape index (κ1) is 17.8. The molecule has 2 amide bonds. The second-order valence-electron chi connectivity index (χ2n) is 5.76. The fourth-order valence-electron chi connectivity index (χ4n) is 2.45. The highest BCUT2D eigenvalue weighted by Crippen LogP contribution is 2.25. The molecule has 0 radical (unpaired) electrons. The van der Waals surface area contributed by atoms with Crippen LogP contribution in [-0.2, 0) is 16.0 Å². The molecular formula is C17H21IN2O3. The van der Waals surface area contributed by atoms with Crippen LogP contribution < -0.4 is 10.1 Å². The number of methoxy groups -OCH3 is 1. The highest BCUT2D eigenvalue weighted by Gasteiger charge is 2.32. The molecule has 0 saturated carbocycles. The van der Waals surface area contributed by atoms with Crippen LogP contribution in [0.25, 0.3) is 0 Å². The Kier molecular flexibility index (Phi) is 6.04. The number of carbonyl (C=O) groups is 2. The van der Waals surface area contributed by atoms with Crippen LogP contribution in [-0.4, -0.2) is 43.0 Å². The number of rotatable bonds is 5. The van der Waals surface area contributed by atoms with Gasteiger partial charge in [0.1, 0.15) is 11.8 Å². The molecule has 23 heavy (non-hydrogen) atoms. The third kappa shape index (κ3) is 4.46.